The highest BCUT2D eigenvalue weighted by Gasteiger charge is 2.12. The van der Waals surface area contributed by atoms with E-state index in [-0.39, 0.29) is 17.3 Å². The van der Waals surface area contributed by atoms with Gasteiger partial charge >= 0.3 is 5.69 Å². The van der Waals surface area contributed by atoms with Gasteiger partial charge in [0.25, 0.3) is 0 Å². The lowest BCUT2D eigenvalue weighted by atomic mass is 10.3. The highest BCUT2D eigenvalue weighted by Crippen LogP contribution is 1.99. The molecule has 1 aromatic rings. The molecule has 6 nitrogen and oxygen atoms in total. The van der Waals surface area contributed by atoms with E-state index in [4.69, 9.17) is 15.4 Å². The molecule has 0 aliphatic heterocycles. The number of nitrogens with one attached hydrogen (secondary N) is 3. The predicted molar refractivity (Wildman–Crippen MR) is 44.6 cm³/mol. The number of rotatable bonds is 2. The van der Waals surface area contributed by atoms with Crippen molar-refractivity contribution in [2.75, 3.05) is 6.61 Å². The summed E-state index contributed by atoms with van der Waals surface area (Å²) in [6.45, 7) is 2.03. The summed E-state index contributed by atoms with van der Waals surface area (Å²) >= 11 is 0. The molecular weight excluding hydrogens is 172 g/mol. The van der Waals surface area contributed by atoms with E-state index in [2.05, 4.69) is 9.97 Å². The van der Waals surface area contributed by atoms with Gasteiger partial charge in [-0.05, 0) is 6.92 Å². The van der Waals surface area contributed by atoms with Crippen LogP contribution in [-0.4, -0.2) is 22.5 Å². The van der Waals surface area contributed by atoms with Gasteiger partial charge in [0.15, 0.2) is 5.69 Å². The molecule has 1 aromatic heterocycles. The summed E-state index contributed by atoms with van der Waals surface area (Å²) in [5.74, 6) is -0.211. The Morgan fingerprint density at radius 2 is 2.38 bits per heavy atom. The summed E-state index contributed by atoms with van der Waals surface area (Å²) in [5.41, 5.74) is -0.409. The number of nitrogens with zero attached hydrogens (tertiary/aromatic N) is 1. The van der Waals surface area contributed by atoms with Crippen molar-refractivity contribution in [3.05, 3.63) is 21.9 Å². The molecule has 6 heteroatoms. The van der Waals surface area contributed by atoms with Gasteiger partial charge in [-0.15, -0.1) is 0 Å². The van der Waals surface area contributed by atoms with Gasteiger partial charge in [-0.1, -0.05) is 0 Å². The van der Waals surface area contributed by atoms with E-state index in [0.29, 0.717) is 6.61 Å². The molecule has 1 heterocycles. The van der Waals surface area contributed by atoms with Crippen LogP contribution in [0.4, 0.5) is 0 Å². The molecule has 0 atom stereocenters. The summed E-state index contributed by atoms with van der Waals surface area (Å²) in [5, 5.41) is 15.9. The van der Waals surface area contributed by atoms with Crippen molar-refractivity contribution in [2.24, 2.45) is 0 Å². The van der Waals surface area contributed by atoms with Crippen LogP contribution in [0, 0.1) is 16.7 Å². The van der Waals surface area contributed by atoms with Crippen molar-refractivity contribution in [1.82, 2.24) is 9.97 Å². The van der Waals surface area contributed by atoms with Gasteiger partial charge in [0.1, 0.15) is 11.8 Å². The first-order chi connectivity index (χ1) is 6.19. The Morgan fingerprint density at radius 1 is 1.69 bits per heavy atom. The van der Waals surface area contributed by atoms with Crippen molar-refractivity contribution in [3.8, 4) is 6.07 Å². The Morgan fingerprint density at radius 3 is 2.92 bits per heavy atom. The molecule has 3 N–H and O–H groups in total. The van der Waals surface area contributed by atoms with E-state index in [1.165, 1.54) is 0 Å². The van der Waals surface area contributed by atoms with Crippen molar-refractivity contribution >= 4 is 5.90 Å². The highest BCUT2D eigenvalue weighted by molar-refractivity contribution is 5.91. The Kier molecular flexibility index (Phi) is 2.50. The van der Waals surface area contributed by atoms with Crippen LogP contribution in [0.2, 0.25) is 0 Å². The van der Waals surface area contributed by atoms with Gasteiger partial charge in [0.2, 0.25) is 5.90 Å². The van der Waals surface area contributed by atoms with E-state index in [1.54, 1.807) is 13.0 Å². The average molecular weight is 180 g/mol. The Bertz CT molecular complexity index is 409. The van der Waals surface area contributed by atoms with Crippen molar-refractivity contribution in [1.29, 1.82) is 10.7 Å². The summed E-state index contributed by atoms with van der Waals surface area (Å²) in [4.78, 5) is 15.3. The summed E-state index contributed by atoms with van der Waals surface area (Å²) in [7, 11) is 0. The molecule has 0 bridgehead atoms. The molecule has 0 aliphatic rings. The normalized spacial score (nSPS) is 9.23. The van der Waals surface area contributed by atoms with Crippen LogP contribution in [0.3, 0.4) is 0 Å². The monoisotopic (exact) mass is 180 g/mol. The molecule has 0 saturated carbocycles. The number of aromatic amines is 2. The first kappa shape index (κ1) is 9.06. The molecule has 1 rings (SSSR count). The summed E-state index contributed by atoms with van der Waals surface area (Å²) in [6, 6.07) is 1.75. The lowest BCUT2D eigenvalue weighted by molar-refractivity contribution is 0.324. The topological polar surface area (TPSA) is 106 Å². The SMILES string of the molecule is CCOC(=N)c1[nH]c(=O)[nH]c1C#N. The quantitative estimate of drug-likeness (QED) is 0.438. The van der Waals surface area contributed by atoms with Crippen LogP contribution in [0.25, 0.3) is 0 Å². The molecule has 0 spiro atoms. The van der Waals surface area contributed by atoms with Gasteiger partial charge in [-0.25, -0.2) is 4.79 Å². The van der Waals surface area contributed by atoms with Crippen LogP contribution in [0.1, 0.15) is 18.3 Å². The zero-order valence-electron chi connectivity index (χ0n) is 6.97. The maximum Gasteiger partial charge on any atom is 0.324 e. The maximum atomic E-state index is 10.8. The van der Waals surface area contributed by atoms with Crippen molar-refractivity contribution in [2.45, 2.75) is 6.92 Å². The number of nitriles is 1. The van der Waals surface area contributed by atoms with Crippen LogP contribution < -0.4 is 5.69 Å². The fourth-order valence-electron chi connectivity index (χ4n) is 0.854. The molecule has 0 fully saturated rings. The molecule has 0 aliphatic carbocycles. The van der Waals surface area contributed by atoms with Gasteiger partial charge in [0, 0.05) is 0 Å². The zero-order chi connectivity index (χ0) is 9.84. The van der Waals surface area contributed by atoms with Crippen molar-refractivity contribution < 1.29 is 4.74 Å². The molecule has 68 valence electrons. The molecular formula is C7H8N4O2. The molecule has 0 radical (unpaired) electrons. The fourth-order valence-corrected chi connectivity index (χ4v) is 0.854. The summed E-state index contributed by atoms with van der Waals surface area (Å²) in [6.07, 6.45) is 0. The number of H-pyrrole nitrogens is 2. The van der Waals surface area contributed by atoms with E-state index in [9.17, 15) is 4.79 Å². The minimum Gasteiger partial charge on any atom is -0.477 e. The van der Waals surface area contributed by atoms with Gasteiger partial charge < -0.3 is 9.72 Å². The number of ether oxygens (including phenoxy) is 1. The third-order valence-corrected chi connectivity index (χ3v) is 1.35. The maximum absolute atomic E-state index is 10.8. The fraction of sp³-hybridized carbons (Fsp3) is 0.286. The Labute approximate surface area is 73.7 Å². The van der Waals surface area contributed by atoms with Crippen molar-refractivity contribution in [3.63, 3.8) is 0 Å². The van der Waals surface area contributed by atoms with Crippen LogP contribution in [0.5, 0.6) is 0 Å². The molecule has 0 amide bonds. The first-order valence-electron chi connectivity index (χ1n) is 3.63. The Hall–Kier alpha value is -2.03. The van der Waals surface area contributed by atoms with Gasteiger partial charge in [-0.2, -0.15) is 5.26 Å². The largest absolute Gasteiger partial charge is 0.477 e. The average Bonchev–Trinajstić information content (AvgIpc) is 2.47. The summed E-state index contributed by atoms with van der Waals surface area (Å²) < 4.78 is 4.83. The third kappa shape index (κ3) is 1.76. The lowest BCUT2D eigenvalue weighted by Gasteiger charge is -2.00. The van der Waals surface area contributed by atoms with E-state index in [0.717, 1.165) is 0 Å². The van der Waals surface area contributed by atoms with Gasteiger partial charge in [0.05, 0.1) is 6.61 Å². The van der Waals surface area contributed by atoms with E-state index in [1.807, 2.05) is 0 Å². The third-order valence-electron chi connectivity index (χ3n) is 1.35. The highest BCUT2D eigenvalue weighted by atomic mass is 16.5. The second-order valence-corrected chi connectivity index (χ2v) is 2.20. The second kappa shape index (κ2) is 3.58. The molecule has 13 heavy (non-hydrogen) atoms. The predicted octanol–water partition coefficient (Wildman–Crippen LogP) is -0.0634. The van der Waals surface area contributed by atoms with E-state index >= 15 is 0 Å². The standard InChI is InChI=1S/C7H8N4O2/c1-2-13-6(9)5-4(3-8)10-7(12)11-5/h9H,2H2,1H3,(H2,10,11,12). The van der Waals surface area contributed by atoms with Crippen LogP contribution >= 0.6 is 0 Å². The smallest absolute Gasteiger partial charge is 0.324 e. The lowest BCUT2D eigenvalue weighted by Crippen LogP contribution is -2.08. The number of aromatic nitrogens is 2. The number of hydrogen-bond acceptors (Lipinski definition) is 4. The molecule has 0 aromatic carbocycles. The minimum absolute atomic E-state index is 0.0171. The number of hydrogen-bond donors (Lipinski definition) is 3. The van der Waals surface area contributed by atoms with Gasteiger partial charge in [-0.3, -0.25) is 10.4 Å². The number of imidazole rings is 1. The zero-order valence-corrected chi connectivity index (χ0v) is 6.97. The van der Waals surface area contributed by atoms with Crippen LogP contribution in [0.15, 0.2) is 4.79 Å². The molecule has 0 unspecified atom stereocenters. The molecule has 0 saturated heterocycles. The van der Waals surface area contributed by atoms with Crippen LogP contribution in [-0.2, 0) is 4.74 Å². The first-order valence-corrected chi connectivity index (χ1v) is 3.63. The van der Waals surface area contributed by atoms with E-state index < -0.39 is 5.69 Å². The minimum atomic E-state index is -0.518. The Balaban J connectivity index is 3.07. The second-order valence-electron chi connectivity index (χ2n) is 2.20.